The Kier molecular flexibility index (Phi) is 11.4. The molecule has 14 heteroatoms. The summed E-state index contributed by atoms with van der Waals surface area (Å²) in [6.07, 6.45) is -4.01. The van der Waals surface area contributed by atoms with Crippen LogP contribution in [0.1, 0.15) is 30.5 Å². The smallest absolute Gasteiger partial charge is 0.352 e. The number of nitrogens with zero attached hydrogens (tertiary/aromatic N) is 2. The summed E-state index contributed by atoms with van der Waals surface area (Å²) in [5, 5.41) is 2.92. The number of alkyl halides is 3. The Morgan fingerprint density at radius 3 is 2.07 bits per heavy atom. The number of hydrogen-bond acceptors (Lipinski definition) is 4. The van der Waals surface area contributed by atoms with E-state index in [0.717, 1.165) is 12.3 Å². The molecule has 7 nitrogen and oxygen atoms in total. The second-order valence-electron chi connectivity index (χ2n) is 10.1. The van der Waals surface area contributed by atoms with E-state index in [0.29, 0.717) is 27.6 Å². The molecule has 232 valence electrons. The van der Waals surface area contributed by atoms with Gasteiger partial charge in [-0.15, -0.1) is 0 Å². The van der Waals surface area contributed by atoms with Gasteiger partial charge in [-0.1, -0.05) is 71.2 Å². The molecule has 0 aromatic heterocycles. The van der Waals surface area contributed by atoms with Crippen molar-refractivity contribution in [3.8, 4) is 0 Å². The van der Waals surface area contributed by atoms with Crippen LogP contribution in [-0.2, 0) is 38.8 Å². The first-order valence-electron chi connectivity index (χ1n) is 12.9. The van der Waals surface area contributed by atoms with Gasteiger partial charge in [-0.2, -0.15) is 13.2 Å². The van der Waals surface area contributed by atoms with Gasteiger partial charge < -0.3 is 10.2 Å². The summed E-state index contributed by atoms with van der Waals surface area (Å²) in [5.74, 6) is -1.39. The van der Waals surface area contributed by atoms with Gasteiger partial charge in [0.1, 0.15) is 12.6 Å². The lowest BCUT2D eigenvalue weighted by molar-refractivity contribution is -0.140. The summed E-state index contributed by atoms with van der Waals surface area (Å²) in [6.45, 7) is 2.33. The fraction of sp³-hybridized carbons (Fsp3) is 0.310. The molecule has 0 aliphatic rings. The second kappa shape index (κ2) is 14.2. The highest BCUT2D eigenvalue weighted by Crippen LogP contribution is 2.36. The van der Waals surface area contributed by atoms with E-state index >= 15 is 0 Å². The summed E-state index contributed by atoms with van der Waals surface area (Å²) in [6, 6.07) is 14.2. The van der Waals surface area contributed by atoms with Crippen molar-refractivity contribution in [1.82, 2.24) is 10.2 Å². The number of anilines is 1. The maximum atomic E-state index is 14.1. The molecule has 0 fully saturated rings. The van der Waals surface area contributed by atoms with E-state index in [-0.39, 0.29) is 34.1 Å². The molecular formula is C29H29Cl3F3N3O4S. The predicted octanol–water partition coefficient (Wildman–Crippen LogP) is 6.60. The van der Waals surface area contributed by atoms with Crippen molar-refractivity contribution in [2.45, 2.75) is 45.1 Å². The average molecular weight is 679 g/mol. The van der Waals surface area contributed by atoms with E-state index in [4.69, 9.17) is 34.8 Å². The zero-order chi connectivity index (χ0) is 32.1. The molecule has 0 saturated heterocycles. The van der Waals surface area contributed by atoms with E-state index in [1.54, 1.807) is 50.2 Å². The molecule has 0 radical (unpaired) electrons. The molecule has 3 aromatic rings. The van der Waals surface area contributed by atoms with Gasteiger partial charge in [0.15, 0.2) is 0 Å². The summed E-state index contributed by atoms with van der Waals surface area (Å²) >= 11 is 18.4. The number of carbonyl (C=O) groups is 2. The Labute approximate surface area is 263 Å². The number of halogens is 6. The molecule has 1 N–H and O–H groups in total. The standard InChI is InChI=1S/C29H29Cl3F3N3O4S/c1-18(2)36-28(40)26(14-19-7-5-4-6-8-19)37(16-20-9-11-22(30)24(32)13-20)27(39)17-38(43(3,41)42)25-15-21(29(33,34)35)10-12-23(25)31/h4-13,15,18,26H,14,16-17H2,1-3H3,(H,36,40). The van der Waals surface area contributed by atoms with Crippen molar-refractivity contribution in [2.24, 2.45) is 0 Å². The predicted molar refractivity (Wildman–Crippen MR) is 163 cm³/mol. The number of carbonyl (C=O) groups excluding carboxylic acids is 2. The van der Waals surface area contributed by atoms with Gasteiger partial charge in [0, 0.05) is 19.0 Å². The van der Waals surface area contributed by atoms with Crippen LogP contribution in [0.25, 0.3) is 0 Å². The molecule has 0 aliphatic heterocycles. The van der Waals surface area contributed by atoms with E-state index in [1.165, 1.54) is 17.0 Å². The first-order chi connectivity index (χ1) is 20.0. The van der Waals surface area contributed by atoms with Crippen molar-refractivity contribution in [3.63, 3.8) is 0 Å². The molecule has 0 aliphatic carbocycles. The number of rotatable bonds is 11. The van der Waals surface area contributed by atoms with Crippen molar-refractivity contribution in [1.29, 1.82) is 0 Å². The number of nitrogens with one attached hydrogen (secondary N) is 1. The van der Waals surface area contributed by atoms with E-state index in [2.05, 4.69) is 5.32 Å². The van der Waals surface area contributed by atoms with Gasteiger partial charge in [-0.05, 0) is 55.3 Å². The highest BCUT2D eigenvalue weighted by molar-refractivity contribution is 7.92. The van der Waals surface area contributed by atoms with Crippen LogP contribution in [0, 0.1) is 0 Å². The lowest BCUT2D eigenvalue weighted by Crippen LogP contribution is -2.54. The third kappa shape index (κ3) is 9.50. The molecule has 1 unspecified atom stereocenters. The number of amides is 2. The third-order valence-corrected chi connectivity index (χ3v) is 8.45. The summed E-state index contributed by atoms with van der Waals surface area (Å²) in [5.41, 5.74) is -0.507. The average Bonchev–Trinajstić information content (AvgIpc) is 2.90. The van der Waals surface area contributed by atoms with Crippen LogP contribution in [0.5, 0.6) is 0 Å². The molecule has 3 rings (SSSR count). The second-order valence-corrected chi connectivity index (χ2v) is 13.2. The molecule has 2 amide bonds. The minimum atomic E-state index is -4.80. The van der Waals surface area contributed by atoms with E-state index in [9.17, 15) is 31.2 Å². The van der Waals surface area contributed by atoms with Gasteiger partial charge in [0.25, 0.3) is 0 Å². The zero-order valence-corrected chi connectivity index (χ0v) is 26.4. The largest absolute Gasteiger partial charge is 0.416 e. The summed E-state index contributed by atoms with van der Waals surface area (Å²) in [4.78, 5) is 28.8. The van der Waals surface area contributed by atoms with Gasteiger partial charge in [0.2, 0.25) is 21.8 Å². The first kappa shape index (κ1) is 34.5. The van der Waals surface area contributed by atoms with Gasteiger partial charge in [-0.3, -0.25) is 13.9 Å². The Morgan fingerprint density at radius 2 is 1.51 bits per heavy atom. The number of sulfonamides is 1. The van der Waals surface area contributed by atoms with Crippen LogP contribution in [0.15, 0.2) is 66.7 Å². The third-order valence-electron chi connectivity index (χ3n) is 6.26. The Balaban J connectivity index is 2.13. The van der Waals surface area contributed by atoms with Crippen LogP contribution in [0.4, 0.5) is 18.9 Å². The molecule has 0 saturated carbocycles. The normalized spacial score (nSPS) is 12.6. The number of hydrogen-bond donors (Lipinski definition) is 1. The molecule has 3 aromatic carbocycles. The number of benzene rings is 3. The van der Waals surface area contributed by atoms with Crippen molar-refractivity contribution >= 4 is 62.3 Å². The topological polar surface area (TPSA) is 86.8 Å². The highest BCUT2D eigenvalue weighted by atomic mass is 35.5. The van der Waals surface area contributed by atoms with Crippen LogP contribution < -0.4 is 9.62 Å². The van der Waals surface area contributed by atoms with Gasteiger partial charge in [0.05, 0.1) is 32.6 Å². The molecule has 0 bridgehead atoms. The Morgan fingerprint density at radius 1 is 0.884 bits per heavy atom. The first-order valence-corrected chi connectivity index (χ1v) is 15.9. The van der Waals surface area contributed by atoms with E-state index < -0.39 is 51.9 Å². The Hall–Kier alpha value is -2.99. The van der Waals surface area contributed by atoms with Gasteiger partial charge in [-0.25, -0.2) is 8.42 Å². The van der Waals surface area contributed by atoms with E-state index in [1.807, 2.05) is 0 Å². The molecule has 43 heavy (non-hydrogen) atoms. The Bertz CT molecular complexity index is 1570. The highest BCUT2D eigenvalue weighted by Gasteiger charge is 2.36. The molecule has 0 heterocycles. The van der Waals surface area contributed by atoms with Crippen LogP contribution >= 0.6 is 34.8 Å². The lowest BCUT2D eigenvalue weighted by Gasteiger charge is -2.34. The fourth-order valence-electron chi connectivity index (χ4n) is 4.24. The van der Waals surface area contributed by atoms with Crippen LogP contribution in [-0.4, -0.2) is 50.0 Å². The fourth-order valence-corrected chi connectivity index (χ4v) is 5.69. The zero-order valence-electron chi connectivity index (χ0n) is 23.3. The molecule has 0 spiro atoms. The molecule has 1 atom stereocenters. The SMILES string of the molecule is CC(C)NC(=O)C(Cc1ccccc1)N(Cc1ccc(Cl)c(Cl)c1)C(=O)CN(c1cc(C(F)(F)F)ccc1Cl)S(C)(=O)=O. The van der Waals surface area contributed by atoms with Gasteiger partial charge >= 0.3 is 6.18 Å². The van der Waals surface area contributed by atoms with Crippen molar-refractivity contribution in [2.75, 3.05) is 17.1 Å². The summed E-state index contributed by atoms with van der Waals surface area (Å²) in [7, 11) is -4.35. The molecular weight excluding hydrogens is 650 g/mol. The minimum absolute atomic E-state index is 0.0512. The van der Waals surface area contributed by atoms with Crippen molar-refractivity contribution in [3.05, 3.63) is 98.5 Å². The maximum Gasteiger partial charge on any atom is 0.416 e. The lowest BCUT2D eigenvalue weighted by atomic mass is 10.0. The quantitative estimate of drug-likeness (QED) is 0.248. The van der Waals surface area contributed by atoms with Crippen LogP contribution in [0.3, 0.4) is 0 Å². The van der Waals surface area contributed by atoms with Crippen molar-refractivity contribution < 1.29 is 31.2 Å². The monoisotopic (exact) mass is 677 g/mol. The minimum Gasteiger partial charge on any atom is -0.352 e. The maximum absolute atomic E-state index is 14.1. The van der Waals surface area contributed by atoms with Crippen LogP contribution in [0.2, 0.25) is 15.1 Å². The summed E-state index contributed by atoms with van der Waals surface area (Å²) < 4.78 is 66.8.